The summed E-state index contributed by atoms with van der Waals surface area (Å²) in [6.45, 7) is 12.6. The number of hydrogen-bond acceptors (Lipinski definition) is 3. The molecule has 1 saturated heterocycles. The summed E-state index contributed by atoms with van der Waals surface area (Å²) in [5.74, 6) is 0.674. The summed E-state index contributed by atoms with van der Waals surface area (Å²) in [6.07, 6.45) is 7.15. The first-order valence-corrected chi connectivity index (χ1v) is 10.8. The van der Waals surface area contributed by atoms with Crippen molar-refractivity contribution in [3.05, 3.63) is 35.9 Å². The van der Waals surface area contributed by atoms with Gasteiger partial charge in [0.05, 0.1) is 6.10 Å². The second-order valence-corrected chi connectivity index (χ2v) is 8.28. The minimum atomic E-state index is -0.398. The minimum absolute atomic E-state index is 0. The number of benzene rings is 1. The van der Waals surface area contributed by atoms with Crippen LogP contribution < -0.4 is 0 Å². The van der Waals surface area contributed by atoms with Gasteiger partial charge >= 0.3 is 0 Å². The van der Waals surface area contributed by atoms with Gasteiger partial charge in [-0.2, -0.15) is 0 Å². The van der Waals surface area contributed by atoms with Gasteiger partial charge in [0, 0.05) is 6.04 Å². The maximum absolute atomic E-state index is 11.1. The molecule has 0 amide bonds. The van der Waals surface area contributed by atoms with Gasteiger partial charge < -0.3 is 10.0 Å². The Labute approximate surface area is 185 Å². The second kappa shape index (κ2) is 15.5. The number of likely N-dealkylation sites (tertiary alicyclic amines) is 1. The molecule has 1 N–H and O–H groups in total. The van der Waals surface area contributed by atoms with Crippen LogP contribution in [0.3, 0.4) is 0 Å². The molecule has 1 aliphatic heterocycles. The monoisotopic (exact) mass is 432 g/mol. The van der Waals surface area contributed by atoms with Crippen LogP contribution in [0.15, 0.2) is 30.3 Å². The third-order valence-electron chi connectivity index (χ3n) is 5.79. The van der Waals surface area contributed by atoms with E-state index < -0.39 is 6.10 Å². The quantitative estimate of drug-likeness (QED) is 0.495. The van der Waals surface area contributed by atoms with Gasteiger partial charge in [0.25, 0.3) is 0 Å². The van der Waals surface area contributed by atoms with Gasteiger partial charge in [-0.3, -0.25) is 4.90 Å². The molecule has 3 nitrogen and oxygen atoms in total. The predicted octanol–water partition coefficient (Wildman–Crippen LogP) is 5.57. The Morgan fingerprint density at radius 2 is 1.64 bits per heavy atom. The number of nitrogens with zero attached hydrogens (tertiary/aromatic N) is 2. The van der Waals surface area contributed by atoms with E-state index in [2.05, 4.69) is 42.7 Å². The minimum Gasteiger partial charge on any atom is -0.387 e. The van der Waals surface area contributed by atoms with Gasteiger partial charge in [0.1, 0.15) is 0 Å². The molecule has 1 heterocycles. The molecule has 2 unspecified atom stereocenters. The fourth-order valence-corrected chi connectivity index (χ4v) is 4.16. The number of rotatable bonds is 11. The zero-order chi connectivity index (χ0) is 18.8. The standard InChI is InChI=1S/C23H40N2O.2ClH/c1-4-25(19-11-18-24-16-9-6-10-17-24)22(15-14-20(2)3)23(26)21-12-7-5-8-13-21;;/h5,7-8,12-13,20,22-23,26H,4,6,9-11,14-19H2,1-3H3;2*1H. The van der Waals surface area contributed by atoms with Crippen LogP contribution in [0.4, 0.5) is 0 Å². The fourth-order valence-electron chi connectivity index (χ4n) is 4.16. The van der Waals surface area contributed by atoms with Gasteiger partial charge in [-0.05, 0) is 76.3 Å². The van der Waals surface area contributed by atoms with Crippen LogP contribution in [0.5, 0.6) is 0 Å². The van der Waals surface area contributed by atoms with Crippen molar-refractivity contribution in [1.82, 2.24) is 9.80 Å². The molecule has 0 aromatic heterocycles. The molecule has 1 aromatic rings. The highest BCUT2D eigenvalue weighted by molar-refractivity contribution is 5.85. The molecule has 0 saturated carbocycles. The summed E-state index contributed by atoms with van der Waals surface area (Å²) in [4.78, 5) is 5.14. The van der Waals surface area contributed by atoms with Crippen molar-refractivity contribution in [3.8, 4) is 0 Å². The average molecular weight is 434 g/mol. The lowest BCUT2D eigenvalue weighted by atomic mass is 9.93. The van der Waals surface area contributed by atoms with Crippen LogP contribution in [-0.4, -0.2) is 53.7 Å². The van der Waals surface area contributed by atoms with Gasteiger partial charge in [-0.15, -0.1) is 24.8 Å². The molecule has 5 heteroatoms. The van der Waals surface area contributed by atoms with E-state index in [1.54, 1.807) is 0 Å². The smallest absolute Gasteiger partial charge is 0.0945 e. The highest BCUT2D eigenvalue weighted by Crippen LogP contribution is 2.26. The SMILES string of the molecule is CCN(CCCN1CCCCC1)C(CCC(C)C)C(O)c1ccccc1.Cl.Cl. The molecular formula is C23H42Cl2N2O. The largest absolute Gasteiger partial charge is 0.387 e. The normalized spacial score (nSPS) is 17.1. The summed E-state index contributed by atoms with van der Waals surface area (Å²) in [5.41, 5.74) is 1.05. The van der Waals surface area contributed by atoms with Crippen molar-refractivity contribution in [1.29, 1.82) is 0 Å². The van der Waals surface area contributed by atoms with E-state index in [0.717, 1.165) is 31.5 Å². The van der Waals surface area contributed by atoms with E-state index >= 15 is 0 Å². The van der Waals surface area contributed by atoms with Crippen LogP contribution >= 0.6 is 24.8 Å². The number of hydrogen-bond donors (Lipinski definition) is 1. The first-order chi connectivity index (χ1) is 12.6. The van der Waals surface area contributed by atoms with Crippen LogP contribution in [-0.2, 0) is 0 Å². The molecule has 1 fully saturated rings. The van der Waals surface area contributed by atoms with E-state index in [1.807, 2.05) is 18.2 Å². The lowest BCUT2D eigenvalue weighted by Gasteiger charge is -2.36. The molecule has 0 radical (unpaired) electrons. The molecule has 0 bridgehead atoms. The molecule has 2 atom stereocenters. The van der Waals surface area contributed by atoms with Crippen molar-refractivity contribution in [2.75, 3.05) is 32.7 Å². The van der Waals surface area contributed by atoms with E-state index in [1.165, 1.54) is 45.3 Å². The fraction of sp³-hybridized carbons (Fsp3) is 0.739. The highest BCUT2D eigenvalue weighted by Gasteiger charge is 2.26. The Balaban J connectivity index is 0.00000364. The second-order valence-electron chi connectivity index (χ2n) is 8.28. The number of piperidine rings is 1. The van der Waals surface area contributed by atoms with Crippen LogP contribution in [0, 0.1) is 5.92 Å². The molecule has 0 aliphatic carbocycles. The Morgan fingerprint density at radius 3 is 2.21 bits per heavy atom. The topological polar surface area (TPSA) is 26.7 Å². The average Bonchev–Trinajstić information content (AvgIpc) is 2.67. The van der Waals surface area contributed by atoms with Crippen LogP contribution in [0.2, 0.25) is 0 Å². The Morgan fingerprint density at radius 1 is 1.00 bits per heavy atom. The molecule has 28 heavy (non-hydrogen) atoms. The third kappa shape index (κ3) is 9.45. The Bertz CT molecular complexity index is 481. The summed E-state index contributed by atoms with van der Waals surface area (Å²) in [7, 11) is 0. The predicted molar refractivity (Wildman–Crippen MR) is 126 cm³/mol. The molecule has 1 aromatic carbocycles. The van der Waals surface area contributed by atoms with Crippen LogP contribution in [0.25, 0.3) is 0 Å². The molecule has 2 rings (SSSR count). The van der Waals surface area contributed by atoms with Gasteiger partial charge in [0.15, 0.2) is 0 Å². The van der Waals surface area contributed by atoms with E-state index in [0.29, 0.717) is 5.92 Å². The van der Waals surface area contributed by atoms with Gasteiger partial charge in [0.2, 0.25) is 0 Å². The molecule has 164 valence electrons. The van der Waals surface area contributed by atoms with E-state index in [9.17, 15) is 5.11 Å². The molecule has 1 aliphatic rings. The van der Waals surface area contributed by atoms with Crippen LogP contribution in [0.1, 0.15) is 71.0 Å². The maximum atomic E-state index is 11.1. The number of halogens is 2. The number of aliphatic hydroxyl groups excluding tert-OH is 1. The van der Waals surface area contributed by atoms with Crippen molar-refractivity contribution in [2.24, 2.45) is 5.92 Å². The summed E-state index contributed by atoms with van der Waals surface area (Å²) in [5, 5.41) is 11.1. The molecule has 0 spiro atoms. The molecular weight excluding hydrogens is 391 g/mol. The summed E-state index contributed by atoms with van der Waals surface area (Å²) in [6, 6.07) is 10.4. The first-order valence-electron chi connectivity index (χ1n) is 10.8. The van der Waals surface area contributed by atoms with E-state index in [4.69, 9.17) is 0 Å². The Kier molecular flexibility index (Phi) is 15.3. The lowest BCUT2D eigenvalue weighted by molar-refractivity contribution is 0.0401. The van der Waals surface area contributed by atoms with Gasteiger partial charge in [-0.1, -0.05) is 57.5 Å². The maximum Gasteiger partial charge on any atom is 0.0945 e. The van der Waals surface area contributed by atoms with Crippen molar-refractivity contribution in [2.45, 2.75) is 71.4 Å². The number of aliphatic hydroxyl groups is 1. The zero-order valence-electron chi connectivity index (χ0n) is 18.1. The summed E-state index contributed by atoms with van der Waals surface area (Å²) < 4.78 is 0. The van der Waals surface area contributed by atoms with Gasteiger partial charge in [-0.25, -0.2) is 0 Å². The van der Waals surface area contributed by atoms with E-state index in [-0.39, 0.29) is 30.9 Å². The number of likely N-dealkylation sites (N-methyl/N-ethyl adjacent to an activating group) is 1. The lowest BCUT2D eigenvalue weighted by Crippen LogP contribution is -2.42. The zero-order valence-corrected chi connectivity index (χ0v) is 19.7. The van der Waals surface area contributed by atoms with Crippen molar-refractivity contribution < 1.29 is 5.11 Å². The van der Waals surface area contributed by atoms with Crippen molar-refractivity contribution >= 4 is 24.8 Å². The highest BCUT2D eigenvalue weighted by atomic mass is 35.5. The summed E-state index contributed by atoms with van der Waals surface area (Å²) >= 11 is 0. The third-order valence-corrected chi connectivity index (χ3v) is 5.79. The Hall–Kier alpha value is -0.320. The first kappa shape index (κ1) is 27.7. The van der Waals surface area contributed by atoms with Crippen molar-refractivity contribution in [3.63, 3.8) is 0 Å².